The molecule has 0 saturated carbocycles. The van der Waals surface area contributed by atoms with Gasteiger partial charge in [-0.3, -0.25) is 0 Å². The van der Waals surface area contributed by atoms with Gasteiger partial charge in [0.1, 0.15) is 5.82 Å². The van der Waals surface area contributed by atoms with Crippen LogP contribution in [0.2, 0.25) is 0 Å². The fourth-order valence-electron chi connectivity index (χ4n) is 1.44. The Morgan fingerprint density at radius 1 is 1.40 bits per heavy atom. The smallest absolute Gasteiger partial charge is 0.140 e. The Hall–Kier alpha value is -0.930. The van der Waals surface area contributed by atoms with Crippen LogP contribution in [0.5, 0.6) is 0 Å². The molecule has 0 bridgehead atoms. The molecule has 80 valence electrons. The zero-order valence-corrected chi connectivity index (χ0v) is 9.60. The first-order chi connectivity index (χ1) is 7.18. The predicted molar refractivity (Wildman–Crippen MR) is 61.7 cm³/mol. The van der Waals surface area contributed by atoms with E-state index in [-0.39, 0.29) is 11.9 Å². The molecule has 0 aliphatic heterocycles. The third kappa shape index (κ3) is 2.19. The van der Waals surface area contributed by atoms with Gasteiger partial charge < -0.3 is 4.74 Å². The summed E-state index contributed by atoms with van der Waals surface area (Å²) in [5.74, 6) is -0.145. The van der Waals surface area contributed by atoms with Gasteiger partial charge in [-0.2, -0.15) is 0 Å². The number of benzene rings is 1. The van der Waals surface area contributed by atoms with Crippen molar-refractivity contribution in [3.8, 4) is 0 Å². The van der Waals surface area contributed by atoms with Crippen LogP contribution in [0.4, 0.5) is 4.39 Å². The number of hydrogen-bond acceptors (Lipinski definition) is 2. The van der Waals surface area contributed by atoms with Crippen LogP contribution in [0.3, 0.4) is 0 Å². The van der Waals surface area contributed by atoms with E-state index >= 15 is 0 Å². The Balaban J connectivity index is 2.33. The van der Waals surface area contributed by atoms with E-state index in [1.165, 1.54) is 17.4 Å². The van der Waals surface area contributed by atoms with E-state index in [2.05, 4.69) is 0 Å². The fourth-order valence-corrected chi connectivity index (χ4v) is 2.41. The number of halogens is 1. The van der Waals surface area contributed by atoms with Crippen molar-refractivity contribution in [2.45, 2.75) is 26.6 Å². The topological polar surface area (TPSA) is 9.23 Å². The van der Waals surface area contributed by atoms with Gasteiger partial charge in [-0.15, -0.1) is 11.3 Å². The van der Waals surface area contributed by atoms with E-state index in [4.69, 9.17) is 4.74 Å². The minimum Gasteiger partial charge on any atom is -0.374 e. The molecule has 1 aromatic carbocycles. The molecule has 0 saturated heterocycles. The second kappa shape index (κ2) is 4.29. The molecule has 0 aliphatic carbocycles. The van der Waals surface area contributed by atoms with E-state index < -0.39 is 0 Å². The summed E-state index contributed by atoms with van der Waals surface area (Å²) in [5, 5.41) is 2.94. The Labute approximate surface area is 92.5 Å². The molecule has 2 aromatic rings. The lowest BCUT2D eigenvalue weighted by atomic mass is 10.2. The van der Waals surface area contributed by atoms with Crippen molar-refractivity contribution in [1.82, 2.24) is 0 Å². The minimum absolute atomic E-state index is 0.145. The highest BCUT2D eigenvalue weighted by Crippen LogP contribution is 2.28. The van der Waals surface area contributed by atoms with Crippen molar-refractivity contribution in [2.24, 2.45) is 0 Å². The van der Waals surface area contributed by atoms with Crippen LogP contribution >= 0.6 is 11.3 Å². The molecule has 0 amide bonds. The fraction of sp³-hybridized carbons (Fsp3) is 0.333. The Morgan fingerprint density at radius 2 is 2.20 bits per heavy atom. The van der Waals surface area contributed by atoms with E-state index in [1.807, 2.05) is 25.3 Å². The van der Waals surface area contributed by atoms with Gasteiger partial charge in [0.25, 0.3) is 0 Å². The quantitative estimate of drug-likeness (QED) is 0.766. The molecule has 0 unspecified atom stereocenters. The second-order valence-electron chi connectivity index (χ2n) is 3.74. The Bertz CT molecular complexity index is 462. The maximum Gasteiger partial charge on any atom is 0.140 e. The molecule has 0 spiro atoms. The van der Waals surface area contributed by atoms with Crippen LogP contribution in [-0.4, -0.2) is 6.10 Å². The average Bonchev–Trinajstić information content (AvgIpc) is 2.59. The Kier molecular flexibility index (Phi) is 3.03. The zero-order valence-electron chi connectivity index (χ0n) is 8.79. The molecule has 2 rings (SSSR count). The van der Waals surface area contributed by atoms with Crippen molar-refractivity contribution in [1.29, 1.82) is 0 Å². The maximum atomic E-state index is 13.4. The first-order valence-corrected chi connectivity index (χ1v) is 5.82. The van der Waals surface area contributed by atoms with Crippen molar-refractivity contribution in [3.05, 3.63) is 35.0 Å². The summed E-state index contributed by atoms with van der Waals surface area (Å²) in [6, 6.07) is 5.17. The standard InChI is InChI=1S/C12H13FOS/c1-8(2)14-6-9-7-15-12-10(9)4-3-5-11(12)13/h3-5,7-8H,6H2,1-2H3. The lowest BCUT2D eigenvalue weighted by Gasteiger charge is -2.06. The van der Waals surface area contributed by atoms with Gasteiger partial charge in [0.05, 0.1) is 17.4 Å². The van der Waals surface area contributed by atoms with Gasteiger partial charge in [0, 0.05) is 5.39 Å². The monoisotopic (exact) mass is 224 g/mol. The van der Waals surface area contributed by atoms with E-state index in [1.54, 1.807) is 6.07 Å². The Morgan fingerprint density at radius 3 is 2.93 bits per heavy atom. The lowest BCUT2D eigenvalue weighted by molar-refractivity contribution is 0.0666. The SMILES string of the molecule is CC(C)OCc1csc2c(F)cccc12. The molecule has 1 aromatic heterocycles. The van der Waals surface area contributed by atoms with Crippen LogP contribution < -0.4 is 0 Å². The van der Waals surface area contributed by atoms with Gasteiger partial charge in [0.15, 0.2) is 0 Å². The van der Waals surface area contributed by atoms with Crippen LogP contribution in [0, 0.1) is 5.82 Å². The second-order valence-corrected chi connectivity index (χ2v) is 4.62. The summed E-state index contributed by atoms with van der Waals surface area (Å²) in [5.41, 5.74) is 1.07. The van der Waals surface area contributed by atoms with Gasteiger partial charge in [-0.05, 0) is 30.9 Å². The zero-order chi connectivity index (χ0) is 10.8. The predicted octanol–water partition coefficient (Wildman–Crippen LogP) is 3.97. The van der Waals surface area contributed by atoms with Crippen LogP contribution in [0.1, 0.15) is 19.4 Å². The van der Waals surface area contributed by atoms with Gasteiger partial charge in [0.2, 0.25) is 0 Å². The van der Waals surface area contributed by atoms with E-state index in [0.29, 0.717) is 6.61 Å². The van der Waals surface area contributed by atoms with E-state index in [0.717, 1.165) is 15.6 Å². The molecule has 1 nitrogen and oxygen atoms in total. The summed E-state index contributed by atoms with van der Waals surface area (Å²) < 4.78 is 19.6. The van der Waals surface area contributed by atoms with Crippen molar-refractivity contribution in [3.63, 3.8) is 0 Å². The molecule has 0 atom stereocenters. The third-order valence-corrected chi connectivity index (χ3v) is 3.26. The number of fused-ring (bicyclic) bond motifs is 1. The van der Waals surface area contributed by atoms with Crippen LogP contribution in [-0.2, 0) is 11.3 Å². The van der Waals surface area contributed by atoms with Crippen LogP contribution in [0.25, 0.3) is 10.1 Å². The highest BCUT2D eigenvalue weighted by molar-refractivity contribution is 7.17. The molecule has 0 aliphatic rings. The number of rotatable bonds is 3. The van der Waals surface area contributed by atoms with E-state index in [9.17, 15) is 4.39 Å². The van der Waals surface area contributed by atoms with Crippen LogP contribution in [0.15, 0.2) is 23.6 Å². The molecular weight excluding hydrogens is 211 g/mol. The molecule has 15 heavy (non-hydrogen) atoms. The highest BCUT2D eigenvalue weighted by atomic mass is 32.1. The molecule has 0 radical (unpaired) electrons. The number of thiophene rings is 1. The van der Waals surface area contributed by atoms with Crippen molar-refractivity contribution in [2.75, 3.05) is 0 Å². The van der Waals surface area contributed by atoms with Gasteiger partial charge in [-0.25, -0.2) is 4.39 Å². The molecule has 0 fully saturated rings. The summed E-state index contributed by atoms with van der Waals surface area (Å²) in [7, 11) is 0. The van der Waals surface area contributed by atoms with Crippen molar-refractivity contribution >= 4 is 21.4 Å². The molecular formula is C12H13FOS. The summed E-state index contributed by atoms with van der Waals surface area (Å²) in [6.45, 7) is 4.55. The van der Waals surface area contributed by atoms with Crippen molar-refractivity contribution < 1.29 is 9.13 Å². The highest BCUT2D eigenvalue weighted by Gasteiger charge is 2.07. The minimum atomic E-state index is -0.145. The summed E-state index contributed by atoms with van der Waals surface area (Å²) in [4.78, 5) is 0. The first-order valence-electron chi connectivity index (χ1n) is 4.94. The molecule has 0 N–H and O–H groups in total. The van der Waals surface area contributed by atoms with Gasteiger partial charge >= 0.3 is 0 Å². The average molecular weight is 224 g/mol. The van der Waals surface area contributed by atoms with Gasteiger partial charge in [-0.1, -0.05) is 12.1 Å². The maximum absolute atomic E-state index is 13.4. The first kappa shape index (κ1) is 10.6. The third-order valence-electron chi connectivity index (χ3n) is 2.20. The largest absolute Gasteiger partial charge is 0.374 e. The number of hydrogen-bond donors (Lipinski definition) is 0. The molecule has 1 heterocycles. The summed E-state index contributed by atoms with van der Waals surface area (Å²) >= 11 is 1.44. The molecule has 3 heteroatoms. The number of ether oxygens (including phenoxy) is 1. The summed E-state index contributed by atoms with van der Waals surface area (Å²) in [6.07, 6.45) is 0.202. The lowest BCUT2D eigenvalue weighted by Crippen LogP contribution is -2.01. The normalized spacial score (nSPS) is 11.5.